The van der Waals surface area contributed by atoms with E-state index in [-0.39, 0.29) is 0 Å². The van der Waals surface area contributed by atoms with Crippen LogP contribution in [0.1, 0.15) is 5.56 Å². The minimum atomic E-state index is -0.949. The molecule has 2 aromatic carbocycles. The maximum absolute atomic E-state index is 11.3. The van der Waals surface area contributed by atoms with Gasteiger partial charge in [0.05, 0.1) is 11.0 Å². The first-order valence-corrected chi connectivity index (χ1v) is 7.35. The van der Waals surface area contributed by atoms with Crippen LogP contribution >= 0.6 is 15.9 Å². The summed E-state index contributed by atoms with van der Waals surface area (Å²) in [7, 11) is 0. The number of nitrogens with zero attached hydrogens (tertiary/aromatic N) is 1. The van der Waals surface area contributed by atoms with Crippen molar-refractivity contribution in [3.63, 3.8) is 0 Å². The predicted molar refractivity (Wildman–Crippen MR) is 84.5 cm³/mol. The van der Waals surface area contributed by atoms with E-state index >= 15 is 0 Å². The molecule has 1 N–H and O–H groups in total. The fourth-order valence-electron chi connectivity index (χ4n) is 1.87. The molecule has 0 fully saturated rings. The minimum Gasteiger partial charge on any atom is -0.491 e. The topological polar surface area (TPSA) is 49.8 Å². The van der Waals surface area contributed by atoms with Crippen LogP contribution in [0.3, 0.4) is 0 Å². The highest BCUT2D eigenvalue weighted by molar-refractivity contribution is 9.10. The quantitative estimate of drug-likeness (QED) is 0.857. The first kappa shape index (κ1) is 15.4. The largest absolute Gasteiger partial charge is 0.491 e. The van der Waals surface area contributed by atoms with Crippen molar-refractivity contribution in [1.82, 2.24) is 4.90 Å². The van der Waals surface area contributed by atoms with E-state index in [1.54, 1.807) is 0 Å². The fraction of sp³-hybridized carbons (Fsp3) is 0.188. The summed E-state index contributed by atoms with van der Waals surface area (Å²) in [5, 5.41) is 9.25. The summed E-state index contributed by atoms with van der Waals surface area (Å²) < 4.78 is 6.46. The van der Waals surface area contributed by atoms with Gasteiger partial charge in [-0.3, -0.25) is 0 Å². The number of amides is 1. The molecule has 0 saturated carbocycles. The van der Waals surface area contributed by atoms with Gasteiger partial charge in [-0.15, -0.1) is 0 Å². The first-order chi connectivity index (χ1) is 10.2. The Morgan fingerprint density at radius 3 is 2.43 bits per heavy atom. The third-order valence-electron chi connectivity index (χ3n) is 2.94. The molecule has 1 amide bonds. The lowest BCUT2D eigenvalue weighted by atomic mass is 10.2. The second-order valence-corrected chi connectivity index (χ2v) is 5.32. The summed E-state index contributed by atoms with van der Waals surface area (Å²) in [4.78, 5) is 12.6. The van der Waals surface area contributed by atoms with Crippen molar-refractivity contribution in [1.29, 1.82) is 0 Å². The summed E-state index contributed by atoms with van der Waals surface area (Å²) >= 11 is 3.39. The van der Waals surface area contributed by atoms with Crippen molar-refractivity contribution in [2.45, 2.75) is 6.54 Å². The van der Waals surface area contributed by atoms with Gasteiger partial charge >= 0.3 is 6.09 Å². The van der Waals surface area contributed by atoms with Gasteiger partial charge in [0.1, 0.15) is 12.4 Å². The van der Waals surface area contributed by atoms with E-state index < -0.39 is 6.09 Å². The number of benzene rings is 2. The summed E-state index contributed by atoms with van der Waals surface area (Å²) in [6.45, 7) is 0.975. The Kier molecular flexibility index (Phi) is 5.63. The molecule has 2 rings (SSSR count). The highest BCUT2D eigenvalue weighted by Gasteiger charge is 2.12. The zero-order valence-corrected chi connectivity index (χ0v) is 13.0. The van der Waals surface area contributed by atoms with Gasteiger partial charge in [0.15, 0.2) is 0 Å². The lowest BCUT2D eigenvalue weighted by Crippen LogP contribution is -2.32. The van der Waals surface area contributed by atoms with Crippen LogP contribution in [0.4, 0.5) is 4.79 Å². The number of carboxylic acid groups (broad SMARTS) is 1. The van der Waals surface area contributed by atoms with E-state index in [1.165, 1.54) is 4.90 Å². The van der Waals surface area contributed by atoms with Crippen molar-refractivity contribution in [3.8, 4) is 5.75 Å². The molecule has 2 aromatic rings. The van der Waals surface area contributed by atoms with Gasteiger partial charge in [-0.25, -0.2) is 4.79 Å². The molecule has 0 bridgehead atoms. The van der Waals surface area contributed by atoms with Crippen molar-refractivity contribution in [3.05, 3.63) is 64.6 Å². The molecule has 0 aromatic heterocycles. The molecule has 0 aliphatic rings. The first-order valence-electron chi connectivity index (χ1n) is 6.56. The molecule has 5 heteroatoms. The lowest BCUT2D eigenvalue weighted by molar-refractivity contribution is 0.132. The Morgan fingerprint density at radius 2 is 1.76 bits per heavy atom. The molecule has 4 nitrogen and oxygen atoms in total. The van der Waals surface area contributed by atoms with Crippen LogP contribution in [0, 0.1) is 0 Å². The monoisotopic (exact) mass is 349 g/mol. The molecule has 110 valence electrons. The van der Waals surface area contributed by atoms with Crippen LogP contribution in [0.5, 0.6) is 5.75 Å². The van der Waals surface area contributed by atoms with Crippen molar-refractivity contribution in [2.75, 3.05) is 13.2 Å². The van der Waals surface area contributed by atoms with E-state index in [9.17, 15) is 9.90 Å². The second-order valence-electron chi connectivity index (χ2n) is 4.47. The van der Waals surface area contributed by atoms with E-state index in [0.717, 1.165) is 10.0 Å². The molecular formula is C16H16BrNO3. The molecule has 0 saturated heterocycles. The van der Waals surface area contributed by atoms with Gasteiger partial charge in [-0.1, -0.05) is 42.5 Å². The number of para-hydroxylation sites is 1. The van der Waals surface area contributed by atoms with E-state index in [0.29, 0.717) is 25.4 Å². The number of hydrogen-bond acceptors (Lipinski definition) is 2. The standard InChI is InChI=1S/C16H16BrNO3/c17-14-8-4-5-9-15(14)21-11-10-18(16(19)20)12-13-6-2-1-3-7-13/h1-9H,10-12H2,(H,19,20). The number of hydrogen-bond donors (Lipinski definition) is 1. The molecule has 0 aliphatic heterocycles. The van der Waals surface area contributed by atoms with Crippen molar-refractivity contribution < 1.29 is 14.6 Å². The molecule has 0 atom stereocenters. The molecule has 0 unspecified atom stereocenters. The molecule has 0 heterocycles. The Balaban J connectivity index is 1.89. The lowest BCUT2D eigenvalue weighted by Gasteiger charge is -2.19. The third-order valence-corrected chi connectivity index (χ3v) is 3.60. The maximum atomic E-state index is 11.3. The van der Waals surface area contributed by atoms with Crippen molar-refractivity contribution in [2.24, 2.45) is 0 Å². The van der Waals surface area contributed by atoms with Crippen LogP contribution in [-0.2, 0) is 6.54 Å². The van der Waals surface area contributed by atoms with E-state index in [4.69, 9.17) is 4.74 Å². The van der Waals surface area contributed by atoms with Gasteiger partial charge in [-0.2, -0.15) is 0 Å². The van der Waals surface area contributed by atoms with Gasteiger partial charge in [0, 0.05) is 6.54 Å². The van der Waals surface area contributed by atoms with Crippen molar-refractivity contribution >= 4 is 22.0 Å². The Hall–Kier alpha value is -2.01. The predicted octanol–water partition coefficient (Wildman–Crippen LogP) is 4.01. The molecule has 0 radical (unpaired) electrons. The van der Waals surface area contributed by atoms with Crippen LogP contribution < -0.4 is 4.74 Å². The SMILES string of the molecule is O=C(O)N(CCOc1ccccc1Br)Cc1ccccc1. The number of ether oxygens (including phenoxy) is 1. The summed E-state index contributed by atoms with van der Waals surface area (Å²) in [6, 6.07) is 17.0. The highest BCUT2D eigenvalue weighted by atomic mass is 79.9. The van der Waals surface area contributed by atoms with E-state index in [2.05, 4.69) is 15.9 Å². The molecule has 0 aliphatic carbocycles. The molecular weight excluding hydrogens is 334 g/mol. The van der Waals surface area contributed by atoms with Gasteiger partial charge in [-0.05, 0) is 33.6 Å². The normalized spacial score (nSPS) is 10.1. The maximum Gasteiger partial charge on any atom is 0.407 e. The number of rotatable bonds is 6. The summed E-state index contributed by atoms with van der Waals surface area (Å²) in [5.74, 6) is 0.711. The zero-order valence-electron chi connectivity index (χ0n) is 11.4. The molecule has 0 spiro atoms. The highest BCUT2D eigenvalue weighted by Crippen LogP contribution is 2.23. The smallest absolute Gasteiger partial charge is 0.407 e. The average molecular weight is 350 g/mol. The zero-order chi connectivity index (χ0) is 15.1. The number of carbonyl (C=O) groups is 1. The Morgan fingerprint density at radius 1 is 1.10 bits per heavy atom. The van der Waals surface area contributed by atoms with E-state index in [1.807, 2.05) is 54.6 Å². The summed E-state index contributed by atoms with van der Waals surface area (Å²) in [6.07, 6.45) is -0.949. The Labute approximate surface area is 132 Å². The summed E-state index contributed by atoms with van der Waals surface area (Å²) in [5.41, 5.74) is 0.959. The Bertz CT molecular complexity index is 589. The van der Waals surface area contributed by atoms with Crippen LogP contribution in [0.2, 0.25) is 0 Å². The van der Waals surface area contributed by atoms with Crippen LogP contribution in [0.15, 0.2) is 59.1 Å². The van der Waals surface area contributed by atoms with Gasteiger partial charge in [0.25, 0.3) is 0 Å². The van der Waals surface area contributed by atoms with Gasteiger partial charge < -0.3 is 14.7 Å². The third kappa shape index (κ3) is 4.79. The second kappa shape index (κ2) is 7.69. The van der Waals surface area contributed by atoms with Crippen LogP contribution in [0.25, 0.3) is 0 Å². The fourth-order valence-corrected chi connectivity index (χ4v) is 2.27. The average Bonchev–Trinajstić information content (AvgIpc) is 2.49. The molecule has 21 heavy (non-hydrogen) atoms. The minimum absolute atomic E-state index is 0.307. The van der Waals surface area contributed by atoms with Crippen LogP contribution in [-0.4, -0.2) is 29.3 Å². The van der Waals surface area contributed by atoms with Gasteiger partial charge in [0.2, 0.25) is 0 Å². The number of halogens is 1.